The van der Waals surface area contributed by atoms with Crippen LogP contribution in [0.15, 0.2) is 115 Å². The zero-order valence-electron chi connectivity index (χ0n) is 20.6. The number of hydrogen-bond acceptors (Lipinski definition) is 0. The van der Waals surface area contributed by atoms with Crippen LogP contribution in [0.1, 0.15) is 46.0 Å². The van der Waals surface area contributed by atoms with Gasteiger partial charge in [-0.2, -0.15) is 0 Å². The first-order chi connectivity index (χ1) is 17.1. The molecular formula is C34H33P. The molecule has 2 aliphatic heterocycles. The first-order valence-corrected chi connectivity index (χ1v) is 15.1. The van der Waals surface area contributed by atoms with Gasteiger partial charge in [0.25, 0.3) is 0 Å². The molecule has 0 spiro atoms. The van der Waals surface area contributed by atoms with Crippen LogP contribution in [0.4, 0.5) is 0 Å². The topological polar surface area (TPSA) is 0 Å². The van der Waals surface area contributed by atoms with Crippen molar-refractivity contribution in [2.24, 2.45) is 0 Å². The molecule has 0 fully saturated rings. The normalized spacial score (nSPS) is 18.8. The average molecular weight is 473 g/mol. The molecule has 0 radical (unpaired) electrons. The van der Waals surface area contributed by atoms with Gasteiger partial charge >= 0.3 is 205 Å². The van der Waals surface area contributed by atoms with E-state index < -0.39 is 7.26 Å². The van der Waals surface area contributed by atoms with Crippen molar-refractivity contribution in [2.45, 2.75) is 19.0 Å². The van der Waals surface area contributed by atoms with E-state index in [0.29, 0.717) is 5.66 Å². The quantitative estimate of drug-likeness (QED) is 0.183. The number of hydrogen-bond donors (Lipinski definition) is 0. The van der Waals surface area contributed by atoms with Crippen LogP contribution in [0, 0.1) is 0 Å². The number of rotatable bonds is 7. The van der Waals surface area contributed by atoms with E-state index in [1.54, 1.807) is 10.9 Å². The summed E-state index contributed by atoms with van der Waals surface area (Å²) >= 11 is 0. The fraction of sp³-hybridized carbons (Fsp3) is 0.118. The molecule has 3 aromatic rings. The van der Waals surface area contributed by atoms with Gasteiger partial charge in [0.05, 0.1) is 0 Å². The van der Waals surface area contributed by atoms with Gasteiger partial charge in [-0.05, 0) is 0 Å². The van der Waals surface area contributed by atoms with Gasteiger partial charge in [0.2, 0.25) is 0 Å². The zero-order chi connectivity index (χ0) is 24.3. The summed E-state index contributed by atoms with van der Waals surface area (Å²) in [4.78, 5) is 0. The van der Waals surface area contributed by atoms with Crippen molar-refractivity contribution in [1.29, 1.82) is 0 Å². The minimum atomic E-state index is -1.64. The Balaban J connectivity index is 1.38. The molecule has 1 heteroatoms. The molecule has 0 aliphatic carbocycles. The predicted molar refractivity (Wildman–Crippen MR) is 160 cm³/mol. The Labute approximate surface area is 210 Å². The van der Waals surface area contributed by atoms with Crippen LogP contribution in [0.2, 0.25) is 0 Å². The van der Waals surface area contributed by atoms with Crippen molar-refractivity contribution < 1.29 is 0 Å². The summed E-state index contributed by atoms with van der Waals surface area (Å²) in [5, 5.41) is 1.60. The van der Waals surface area contributed by atoms with E-state index in [1.165, 1.54) is 33.4 Å². The Hall–Kier alpha value is -3.47. The van der Waals surface area contributed by atoms with Gasteiger partial charge in [-0.3, -0.25) is 0 Å². The Morgan fingerprint density at radius 2 is 1.71 bits per heavy atom. The van der Waals surface area contributed by atoms with Crippen LogP contribution >= 0.6 is 7.26 Å². The Kier molecular flexibility index (Phi) is 6.67. The minimum absolute atomic E-state index is 0.584. The second-order valence-electron chi connectivity index (χ2n) is 9.64. The van der Waals surface area contributed by atoms with E-state index >= 15 is 0 Å². The molecule has 0 saturated heterocycles. The first kappa shape index (κ1) is 23.3. The van der Waals surface area contributed by atoms with Crippen molar-refractivity contribution in [3.63, 3.8) is 0 Å². The van der Waals surface area contributed by atoms with Crippen molar-refractivity contribution in [3.05, 3.63) is 148 Å². The molecule has 0 amide bonds. The SMILES string of the molecule is C=Cc1cc(CC2=CC=C[PH]3(C)c4cc(/C=C\C=C/C)ccc4C23)ccc1C=Cc1ccccc1. The molecule has 174 valence electrons. The van der Waals surface area contributed by atoms with Gasteiger partial charge in [0.1, 0.15) is 0 Å². The number of fused-ring (bicyclic) bond motifs is 4. The number of benzene rings is 3. The monoisotopic (exact) mass is 472 g/mol. The van der Waals surface area contributed by atoms with Gasteiger partial charge in [0, 0.05) is 0 Å². The molecule has 1 atom stereocenters. The van der Waals surface area contributed by atoms with Crippen LogP contribution in [0.3, 0.4) is 0 Å². The predicted octanol–water partition coefficient (Wildman–Crippen LogP) is 8.85. The van der Waals surface area contributed by atoms with Crippen LogP contribution in [0.25, 0.3) is 24.3 Å². The van der Waals surface area contributed by atoms with Crippen molar-refractivity contribution >= 4 is 36.9 Å². The molecule has 2 heterocycles. The molecule has 0 saturated carbocycles. The molecule has 1 unspecified atom stereocenters. The summed E-state index contributed by atoms with van der Waals surface area (Å²) in [6.07, 6.45) is 20.5. The van der Waals surface area contributed by atoms with E-state index in [9.17, 15) is 0 Å². The summed E-state index contributed by atoms with van der Waals surface area (Å²) in [7, 11) is -1.64. The summed E-state index contributed by atoms with van der Waals surface area (Å²) in [5.74, 6) is 2.52. The van der Waals surface area contributed by atoms with Gasteiger partial charge in [-0.15, -0.1) is 0 Å². The maximum absolute atomic E-state index is 4.09. The Morgan fingerprint density at radius 1 is 0.857 bits per heavy atom. The Morgan fingerprint density at radius 3 is 2.51 bits per heavy atom. The Bertz CT molecular complexity index is 1400. The number of allylic oxidation sites excluding steroid dienone is 6. The van der Waals surface area contributed by atoms with Crippen LogP contribution < -0.4 is 5.30 Å². The van der Waals surface area contributed by atoms with E-state index in [4.69, 9.17) is 0 Å². The fourth-order valence-electron chi connectivity index (χ4n) is 5.52. The van der Waals surface area contributed by atoms with Crippen LogP contribution in [0.5, 0.6) is 0 Å². The van der Waals surface area contributed by atoms with E-state index in [2.05, 4.69) is 128 Å². The molecule has 0 nitrogen and oxygen atoms in total. The summed E-state index contributed by atoms with van der Waals surface area (Å²) in [5.41, 5.74) is 9.92. The average Bonchev–Trinajstić information content (AvgIpc) is 2.88. The molecule has 2 aliphatic rings. The van der Waals surface area contributed by atoms with Crippen molar-refractivity contribution in [2.75, 3.05) is 6.66 Å². The second kappa shape index (κ2) is 10.0. The summed E-state index contributed by atoms with van der Waals surface area (Å²) in [6.45, 7) is 8.66. The molecule has 0 N–H and O–H groups in total. The van der Waals surface area contributed by atoms with Gasteiger partial charge in [-0.25, -0.2) is 0 Å². The fourth-order valence-corrected chi connectivity index (χ4v) is 9.67. The van der Waals surface area contributed by atoms with Crippen molar-refractivity contribution in [3.8, 4) is 0 Å². The summed E-state index contributed by atoms with van der Waals surface area (Å²) < 4.78 is 0. The van der Waals surface area contributed by atoms with Gasteiger partial charge < -0.3 is 0 Å². The van der Waals surface area contributed by atoms with Crippen molar-refractivity contribution in [1.82, 2.24) is 0 Å². The zero-order valence-corrected chi connectivity index (χ0v) is 21.6. The molecule has 3 aromatic carbocycles. The summed E-state index contributed by atoms with van der Waals surface area (Å²) in [6, 6.07) is 24.3. The third-order valence-corrected chi connectivity index (χ3v) is 11.7. The molecule has 0 bridgehead atoms. The van der Waals surface area contributed by atoms with Gasteiger partial charge in [0.15, 0.2) is 0 Å². The van der Waals surface area contributed by atoms with E-state index in [1.807, 2.05) is 19.1 Å². The van der Waals surface area contributed by atoms with Crippen LogP contribution in [-0.4, -0.2) is 6.66 Å². The van der Waals surface area contributed by atoms with E-state index in [0.717, 1.165) is 6.42 Å². The molecule has 0 aromatic heterocycles. The first-order valence-electron chi connectivity index (χ1n) is 12.4. The third kappa shape index (κ3) is 4.60. The third-order valence-electron chi connectivity index (χ3n) is 7.32. The molecule has 5 rings (SSSR count). The maximum atomic E-state index is 4.09. The van der Waals surface area contributed by atoms with Crippen LogP contribution in [-0.2, 0) is 6.42 Å². The van der Waals surface area contributed by atoms with E-state index in [-0.39, 0.29) is 0 Å². The molecule has 35 heavy (non-hydrogen) atoms. The standard InChI is InChI=1S/C34H33P/c1-4-6-8-14-27-18-21-32-33(25-27)35(3)22-11-15-31(34(32)35)24-28-17-20-30(29(5-2)23-28)19-16-26-12-9-7-10-13-26/h4-23,25,34-35H,2,24H2,1,3H3/b6-4-,14-8-,19-16?. The molecular weight excluding hydrogens is 439 g/mol. The second-order valence-corrected chi connectivity index (χ2v) is 13.7. The van der Waals surface area contributed by atoms with Gasteiger partial charge in [-0.1, -0.05) is 6.07 Å².